The predicted molar refractivity (Wildman–Crippen MR) is 85.2 cm³/mol. The lowest BCUT2D eigenvalue weighted by Gasteiger charge is -2.25. The van der Waals surface area contributed by atoms with Crippen LogP contribution in [0.4, 0.5) is 5.69 Å². The standard InChI is InChI=1S/C16H18BrN3/c17-16-13(4-1-6-14(16)18)11-20-9-3-7-15(20)12-5-2-8-19-10-12/h1-2,4-6,8,10,15H,3,7,9,11,18H2. The number of hydrogen-bond acceptors (Lipinski definition) is 3. The van der Waals surface area contributed by atoms with Gasteiger partial charge in [-0.15, -0.1) is 0 Å². The number of anilines is 1. The zero-order valence-corrected chi connectivity index (χ0v) is 12.9. The molecule has 20 heavy (non-hydrogen) atoms. The van der Waals surface area contributed by atoms with E-state index < -0.39 is 0 Å². The van der Waals surface area contributed by atoms with Crippen LogP contribution in [0.5, 0.6) is 0 Å². The smallest absolute Gasteiger partial charge is 0.0461 e. The first-order valence-electron chi connectivity index (χ1n) is 6.92. The Labute approximate surface area is 127 Å². The molecule has 2 aromatic rings. The first-order valence-corrected chi connectivity index (χ1v) is 7.72. The SMILES string of the molecule is Nc1cccc(CN2CCCC2c2cccnc2)c1Br. The van der Waals surface area contributed by atoms with Gasteiger partial charge in [0.25, 0.3) is 0 Å². The van der Waals surface area contributed by atoms with Gasteiger partial charge in [0.1, 0.15) is 0 Å². The van der Waals surface area contributed by atoms with Crippen LogP contribution in [0.25, 0.3) is 0 Å². The normalized spacial score (nSPS) is 19.4. The number of nitrogens with zero attached hydrogens (tertiary/aromatic N) is 2. The highest BCUT2D eigenvalue weighted by molar-refractivity contribution is 9.10. The molecule has 0 aliphatic carbocycles. The monoisotopic (exact) mass is 331 g/mol. The van der Waals surface area contributed by atoms with E-state index in [1.165, 1.54) is 24.0 Å². The third-order valence-corrected chi connectivity index (χ3v) is 4.88. The molecule has 0 saturated carbocycles. The Balaban J connectivity index is 1.81. The van der Waals surface area contributed by atoms with E-state index in [0.717, 1.165) is 23.2 Å². The summed E-state index contributed by atoms with van der Waals surface area (Å²) in [5, 5.41) is 0. The number of hydrogen-bond donors (Lipinski definition) is 1. The van der Waals surface area contributed by atoms with Crippen LogP contribution in [-0.4, -0.2) is 16.4 Å². The molecule has 2 N–H and O–H groups in total. The van der Waals surface area contributed by atoms with Crippen LogP contribution >= 0.6 is 15.9 Å². The highest BCUT2D eigenvalue weighted by Crippen LogP contribution is 2.34. The summed E-state index contributed by atoms with van der Waals surface area (Å²) in [6, 6.07) is 10.7. The van der Waals surface area contributed by atoms with Gasteiger partial charge in [0.15, 0.2) is 0 Å². The van der Waals surface area contributed by atoms with E-state index in [4.69, 9.17) is 5.73 Å². The second-order valence-electron chi connectivity index (χ2n) is 5.24. The lowest BCUT2D eigenvalue weighted by atomic mass is 10.1. The summed E-state index contributed by atoms with van der Waals surface area (Å²) in [6.07, 6.45) is 6.25. The number of rotatable bonds is 3. The largest absolute Gasteiger partial charge is 0.398 e. The maximum absolute atomic E-state index is 5.97. The minimum atomic E-state index is 0.469. The van der Waals surface area contributed by atoms with E-state index in [2.05, 4.69) is 37.9 Å². The van der Waals surface area contributed by atoms with Crippen molar-refractivity contribution in [2.45, 2.75) is 25.4 Å². The minimum Gasteiger partial charge on any atom is -0.398 e. The number of likely N-dealkylation sites (tertiary alicyclic amines) is 1. The molecular formula is C16H18BrN3. The van der Waals surface area contributed by atoms with E-state index in [-0.39, 0.29) is 0 Å². The second kappa shape index (κ2) is 5.94. The van der Waals surface area contributed by atoms with Crippen molar-refractivity contribution in [3.05, 3.63) is 58.3 Å². The average molecular weight is 332 g/mol. The maximum atomic E-state index is 5.97. The molecule has 0 radical (unpaired) electrons. The van der Waals surface area contributed by atoms with Crippen LogP contribution in [0.15, 0.2) is 47.2 Å². The molecule has 0 amide bonds. The molecule has 1 atom stereocenters. The van der Waals surface area contributed by atoms with Crippen LogP contribution < -0.4 is 5.73 Å². The number of aromatic nitrogens is 1. The first kappa shape index (κ1) is 13.6. The van der Waals surface area contributed by atoms with Crippen molar-refractivity contribution in [3.8, 4) is 0 Å². The van der Waals surface area contributed by atoms with Gasteiger partial charge in [0.2, 0.25) is 0 Å². The maximum Gasteiger partial charge on any atom is 0.0461 e. The van der Waals surface area contributed by atoms with Crippen molar-refractivity contribution in [2.24, 2.45) is 0 Å². The number of nitrogen functional groups attached to an aromatic ring is 1. The topological polar surface area (TPSA) is 42.1 Å². The van der Waals surface area contributed by atoms with Crippen molar-refractivity contribution < 1.29 is 0 Å². The average Bonchev–Trinajstić information content (AvgIpc) is 2.93. The highest BCUT2D eigenvalue weighted by Gasteiger charge is 2.26. The second-order valence-corrected chi connectivity index (χ2v) is 6.03. The molecular weight excluding hydrogens is 314 g/mol. The molecule has 1 unspecified atom stereocenters. The van der Waals surface area contributed by atoms with Crippen molar-refractivity contribution in [3.63, 3.8) is 0 Å². The molecule has 1 aromatic carbocycles. The molecule has 1 aliphatic heterocycles. The van der Waals surface area contributed by atoms with Gasteiger partial charge in [-0.05, 0) is 58.6 Å². The van der Waals surface area contributed by atoms with Crippen molar-refractivity contribution in [1.82, 2.24) is 9.88 Å². The fraction of sp³-hybridized carbons (Fsp3) is 0.312. The van der Waals surface area contributed by atoms with Crippen molar-refractivity contribution in [2.75, 3.05) is 12.3 Å². The predicted octanol–water partition coefficient (Wildman–Crippen LogP) is 3.76. The molecule has 0 bridgehead atoms. The quantitative estimate of drug-likeness (QED) is 0.870. The molecule has 3 rings (SSSR count). The Morgan fingerprint density at radius 3 is 3.00 bits per heavy atom. The fourth-order valence-electron chi connectivity index (χ4n) is 2.91. The summed E-state index contributed by atoms with van der Waals surface area (Å²) >= 11 is 3.60. The van der Waals surface area contributed by atoms with Crippen molar-refractivity contribution >= 4 is 21.6 Å². The first-order chi connectivity index (χ1) is 9.75. The van der Waals surface area contributed by atoms with E-state index in [0.29, 0.717) is 6.04 Å². The molecule has 1 saturated heterocycles. The summed E-state index contributed by atoms with van der Waals surface area (Å²) in [5.41, 5.74) is 9.33. The van der Waals surface area contributed by atoms with E-state index in [1.54, 1.807) is 0 Å². The van der Waals surface area contributed by atoms with Gasteiger partial charge < -0.3 is 5.73 Å². The third kappa shape index (κ3) is 2.72. The van der Waals surface area contributed by atoms with Gasteiger partial charge in [0, 0.05) is 35.1 Å². The highest BCUT2D eigenvalue weighted by atomic mass is 79.9. The Kier molecular flexibility index (Phi) is 4.03. The Morgan fingerprint density at radius 1 is 1.30 bits per heavy atom. The van der Waals surface area contributed by atoms with Crippen LogP contribution in [0.1, 0.15) is 30.0 Å². The van der Waals surface area contributed by atoms with E-state index >= 15 is 0 Å². The summed E-state index contributed by atoms with van der Waals surface area (Å²) in [5.74, 6) is 0. The summed E-state index contributed by atoms with van der Waals surface area (Å²) < 4.78 is 1.02. The van der Waals surface area contributed by atoms with E-state index in [1.807, 2.05) is 30.6 Å². The van der Waals surface area contributed by atoms with Gasteiger partial charge in [-0.1, -0.05) is 18.2 Å². The number of pyridine rings is 1. The fourth-order valence-corrected chi connectivity index (χ4v) is 3.30. The zero-order chi connectivity index (χ0) is 13.9. The van der Waals surface area contributed by atoms with Crippen LogP contribution in [0, 0.1) is 0 Å². The molecule has 104 valence electrons. The van der Waals surface area contributed by atoms with E-state index in [9.17, 15) is 0 Å². The molecule has 2 heterocycles. The molecule has 1 aromatic heterocycles. The van der Waals surface area contributed by atoms with Gasteiger partial charge in [-0.3, -0.25) is 9.88 Å². The van der Waals surface area contributed by atoms with Gasteiger partial charge >= 0.3 is 0 Å². The Morgan fingerprint density at radius 2 is 2.20 bits per heavy atom. The third-order valence-electron chi connectivity index (χ3n) is 3.91. The van der Waals surface area contributed by atoms with Crippen LogP contribution in [-0.2, 0) is 6.54 Å². The zero-order valence-electron chi connectivity index (χ0n) is 11.3. The summed E-state index contributed by atoms with van der Waals surface area (Å²) in [4.78, 5) is 6.76. The number of nitrogens with two attached hydrogens (primary N) is 1. The number of benzene rings is 1. The molecule has 1 fully saturated rings. The molecule has 1 aliphatic rings. The lowest BCUT2D eigenvalue weighted by Crippen LogP contribution is -2.23. The van der Waals surface area contributed by atoms with Crippen molar-refractivity contribution in [1.29, 1.82) is 0 Å². The summed E-state index contributed by atoms with van der Waals surface area (Å²) in [7, 11) is 0. The minimum absolute atomic E-state index is 0.469. The van der Waals surface area contributed by atoms with Crippen LogP contribution in [0.3, 0.4) is 0 Å². The molecule has 3 nitrogen and oxygen atoms in total. The van der Waals surface area contributed by atoms with Gasteiger partial charge in [0.05, 0.1) is 0 Å². The Hall–Kier alpha value is -1.39. The number of halogens is 1. The summed E-state index contributed by atoms with van der Waals surface area (Å²) in [6.45, 7) is 2.05. The Bertz CT molecular complexity index is 586. The molecule has 4 heteroatoms. The van der Waals surface area contributed by atoms with Gasteiger partial charge in [-0.2, -0.15) is 0 Å². The lowest BCUT2D eigenvalue weighted by molar-refractivity contribution is 0.248. The molecule has 0 spiro atoms. The van der Waals surface area contributed by atoms with Crippen LogP contribution in [0.2, 0.25) is 0 Å². The van der Waals surface area contributed by atoms with Gasteiger partial charge in [-0.25, -0.2) is 0 Å².